The fourth-order valence-corrected chi connectivity index (χ4v) is 2.73. The normalized spacial score (nSPS) is 10.3. The Morgan fingerprint density at radius 3 is 2.68 bits per heavy atom. The minimum absolute atomic E-state index is 0.355. The molecule has 19 heavy (non-hydrogen) atoms. The predicted molar refractivity (Wildman–Crippen MR) is 76.2 cm³/mol. The molecule has 4 nitrogen and oxygen atoms in total. The first-order valence-electron chi connectivity index (χ1n) is 5.86. The molecule has 0 radical (unpaired) electrons. The lowest BCUT2D eigenvalue weighted by Gasteiger charge is -2.10. The number of aryl methyl sites for hydroxylation is 2. The number of benzene rings is 1. The zero-order valence-electron chi connectivity index (χ0n) is 11.2. The lowest BCUT2D eigenvalue weighted by molar-refractivity contribution is 0.411. The number of methoxy groups -OCH3 is 1. The number of aromatic nitrogens is 1. The van der Waals surface area contributed by atoms with Crippen molar-refractivity contribution in [2.45, 2.75) is 20.4 Å². The van der Waals surface area contributed by atoms with Crippen LogP contribution in [0.2, 0.25) is 0 Å². The maximum absolute atomic E-state index is 9.20. The smallest absolute Gasteiger partial charge is 0.132 e. The summed E-state index contributed by atoms with van der Waals surface area (Å²) in [5.41, 5.74) is 9.34. The molecule has 98 valence electrons. The van der Waals surface area contributed by atoms with E-state index in [9.17, 15) is 5.26 Å². The van der Waals surface area contributed by atoms with Crippen LogP contribution in [0.25, 0.3) is 11.3 Å². The maximum Gasteiger partial charge on any atom is 0.132 e. The van der Waals surface area contributed by atoms with Crippen LogP contribution < -0.4 is 10.5 Å². The molecule has 5 heteroatoms. The molecule has 0 saturated heterocycles. The van der Waals surface area contributed by atoms with Crippen LogP contribution in [0.3, 0.4) is 0 Å². The van der Waals surface area contributed by atoms with E-state index in [0.717, 1.165) is 33.1 Å². The van der Waals surface area contributed by atoms with Gasteiger partial charge in [0.05, 0.1) is 12.8 Å². The Bertz CT molecular complexity index is 655. The van der Waals surface area contributed by atoms with Gasteiger partial charge in [-0.3, -0.25) is 0 Å². The summed E-state index contributed by atoms with van der Waals surface area (Å²) in [6.07, 6.45) is 0. The first-order valence-corrected chi connectivity index (χ1v) is 6.67. The van der Waals surface area contributed by atoms with E-state index in [-0.39, 0.29) is 0 Å². The van der Waals surface area contributed by atoms with Crippen molar-refractivity contribution >= 4 is 11.3 Å². The number of nitrogens with two attached hydrogens (primary N) is 1. The Morgan fingerprint density at radius 1 is 1.37 bits per heavy atom. The number of ether oxygens (including phenoxy) is 1. The molecule has 0 aliphatic heterocycles. The number of rotatable bonds is 3. The van der Waals surface area contributed by atoms with Crippen molar-refractivity contribution in [2.75, 3.05) is 7.11 Å². The minimum Gasteiger partial charge on any atom is -0.496 e. The highest BCUT2D eigenvalue weighted by Crippen LogP contribution is 2.33. The third-order valence-corrected chi connectivity index (χ3v) is 3.93. The third-order valence-electron chi connectivity index (χ3n) is 2.94. The van der Waals surface area contributed by atoms with E-state index in [1.807, 2.05) is 26.0 Å². The highest BCUT2D eigenvalue weighted by Gasteiger charge is 2.15. The molecule has 0 unspecified atom stereocenters. The van der Waals surface area contributed by atoms with Gasteiger partial charge in [0.1, 0.15) is 21.7 Å². The third kappa shape index (κ3) is 2.46. The number of thiazole rings is 1. The van der Waals surface area contributed by atoms with Crippen LogP contribution in [0.5, 0.6) is 5.75 Å². The average Bonchev–Trinajstić information content (AvgIpc) is 2.84. The first-order chi connectivity index (χ1) is 9.10. The largest absolute Gasteiger partial charge is 0.496 e. The van der Waals surface area contributed by atoms with Gasteiger partial charge in [-0.2, -0.15) is 5.26 Å². The van der Waals surface area contributed by atoms with Crippen molar-refractivity contribution in [3.05, 3.63) is 33.1 Å². The number of hydrogen-bond acceptors (Lipinski definition) is 5. The van der Waals surface area contributed by atoms with E-state index in [0.29, 0.717) is 11.4 Å². The van der Waals surface area contributed by atoms with E-state index in [1.165, 1.54) is 11.3 Å². The van der Waals surface area contributed by atoms with Gasteiger partial charge in [0, 0.05) is 12.1 Å². The van der Waals surface area contributed by atoms with Crippen LogP contribution >= 0.6 is 11.3 Å². The summed E-state index contributed by atoms with van der Waals surface area (Å²) in [7, 11) is 1.65. The second-order valence-electron chi connectivity index (χ2n) is 4.24. The molecule has 0 aliphatic rings. The Hall–Kier alpha value is -1.90. The van der Waals surface area contributed by atoms with Crippen LogP contribution in [-0.2, 0) is 6.54 Å². The molecular formula is C14H15N3OS. The first kappa shape index (κ1) is 13.5. The van der Waals surface area contributed by atoms with E-state index in [1.54, 1.807) is 7.11 Å². The SMILES string of the molecule is COc1cc(C)c(-c2nc(CN)sc2C#N)cc1C. The quantitative estimate of drug-likeness (QED) is 0.933. The zero-order valence-corrected chi connectivity index (χ0v) is 12.0. The van der Waals surface area contributed by atoms with Crippen LogP contribution in [0.1, 0.15) is 21.0 Å². The second kappa shape index (κ2) is 5.39. The molecule has 0 atom stereocenters. The monoisotopic (exact) mass is 273 g/mol. The summed E-state index contributed by atoms with van der Waals surface area (Å²) in [5, 5.41) is 9.98. The molecule has 0 saturated carbocycles. The molecular weight excluding hydrogens is 258 g/mol. The summed E-state index contributed by atoms with van der Waals surface area (Å²) in [6.45, 7) is 4.32. The molecule has 2 N–H and O–H groups in total. The Labute approximate surface area is 116 Å². The van der Waals surface area contributed by atoms with Gasteiger partial charge in [-0.15, -0.1) is 11.3 Å². The van der Waals surface area contributed by atoms with Crippen LogP contribution in [0.15, 0.2) is 12.1 Å². The number of nitrogens with zero attached hydrogens (tertiary/aromatic N) is 2. The molecule has 0 aliphatic carbocycles. The molecule has 1 aromatic heterocycles. The maximum atomic E-state index is 9.20. The van der Waals surface area contributed by atoms with Crippen molar-refractivity contribution in [3.8, 4) is 23.1 Å². The molecule has 1 heterocycles. The fourth-order valence-electron chi connectivity index (χ4n) is 1.97. The summed E-state index contributed by atoms with van der Waals surface area (Å²) < 4.78 is 5.30. The van der Waals surface area contributed by atoms with Gasteiger partial charge in [-0.05, 0) is 37.1 Å². The summed E-state index contributed by atoms with van der Waals surface area (Å²) in [6, 6.07) is 6.16. The Morgan fingerprint density at radius 2 is 2.11 bits per heavy atom. The van der Waals surface area contributed by atoms with E-state index >= 15 is 0 Å². The Kier molecular flexibility index (Phi) is 3.84. The standard InChI is InChI=1S/C14H15N3OS/c1-8-5-11(18-3)9(2)4-10(8)14-12(6-15)19-13(7-16)17-14/h4-5H,7,16H2,1-3H3. The van der Waals surface area contributed by atoms with Gasteiger partial charge in [0.25, 0.3) is 0 Å². The van der Waals surface area contributed by atoms with Gasteiger partial charge < -0.3 is 10.5 Å². The van der Waals surface area contributed by atoms with Gasteiger partial charge in [0.2, 0.25) is 0 Å². The Balaban J connectivity index is 2.62. The second-order valence-corrected chi connectivity index (χ2v) is 5.32. The molecule has 0 amide bonds. The van der Waals surface area contributed by atoms with Gasteiger partial charge >= 0.3 is 0 Å². The summed E-state index contributed by atoms with van der Waals surface area (Å²) in [4.78, 5) is 5.06. The topological polar surface area (TPSA) is 71.9 Å². The summed E-state index contributed by atoms with van der Waals surface area (Å²) >= 11 is 1.35. The minimum atomic E-state index is 0.355. The van der Waals surface area contributed by atoms with Crippen molar-refractivity contribution in [2.24, 2.45) is 5.73 Å². The molecule has 2 aromatic rings. The molecule has 1 aromatic carbocycles. The molecule has 0 fully saturated rings. The van der Waals surface area contributed by atoms with Crippen LogP contribution in [-0.4, -0.2) is 12.1 Å². The predicted octanol–water partition coefficient (Wildman–Crippen LogP) is 2.77. The average molecular weight is 273 g/mol. The molecule has 2 rings (SSSR count). The lowest BCUT2D eigenvalue weighted by atomic mass is 10.0. The zero-order chi connectivity index (χ0) is 14.0. The van der Waals surface area contributed by atoms with E-state index < -0.39 is 0 Å². The van der Waals surface area contributed by atoms with Crippen molar-refractivity contribution in [1.82, 2.24) is 4.98 Å². The number of nitriles is 1. The fraction of sp³-hybridized carbons (Fsp3) is 0.286. The van der Waals surface area contributed by atoms with E-state index in [2.05, 4.69) is 11.1 Å². The van der Waals surface area contributed by atoms with Crippen molar-refractivity contribution in [1.29, 1.82) is 5.26 Å². The number of hydrogen-bond donors (Lipinski definition) is 1. The van der Waals surface area contributed by atoms with Crippen LogP contribution in [0.4, 0.5) is 0 Å². The lowest BCUT2D eigenvalue weighted by Crippen LogP contribution is -1.96. The highest BCUT2D eigenvalue weighted by molar-refractivity contribution is 7.12. The molecule has 0 bridgehead atoms. The van der Waals surface area contributed by atoms with Crippen molar-refractivity contribution in [3.63, 3.8) is 0 Å². The van der Waals surface area contributed by atoms with Gasteiger partial charge in [0.15, 0.2) is 0 Å². The summed E-state index contributed by atoms with van der Waals surface area (Å²) in [5.74, 6) is 0.842. The molecule has 0 spiro atoms. The highest BCUT2D eigenvalue weighted by atomic mass is 32.1. The van der Waals surface area contributed by atoms with Gasteiger partial charge in [-0.1, -0.05) is 0 Å². The van der Waals surface area contributed by atoms with E-state index in [4.69, 9.17) is 10.5 Å². The van der Waals surface area contributed by atoms with Crippen LogP contribution in [0, 0.1) is 25.2 Å². The van der Waals surface area contributed by atoms with Crippen molar-refractivity contribution < 1.29 is 4.74 Å². The van der Waals surface area contributed by atoms with Gasteiger partial charge in [-0.25, -0.2) is 4.98 Å².